The maximum Gasteiger partial charge on any atom is 0.180 e. The van der Waals surface area contributed by atoms with Crippen LogP contribution in [-0.2, 0) is 5.41 Å². The van der Waals surface area contributed by atoms with Crippen molar-refractivity contribution in [1.82, 2.24) is 20.2 Å². The summed E-state index contributed by atoms with van der Waals surface area (Å²) in [6.07, 6.45) is 0. The Morgan fingerprint density at radius 1 is 1.21 bits per heavy atom. The minimum absolute atomic E-state index is 0.0841. The van der Waals surface area contributed by atoms with Crippen LogP contribution in [0.4, 0.5) is 5.82 Å². The molecule has 5 nitrogen and oxygen atoms in total. The predicted molar refractivity (Wildman–Crippen MR) is 79.0 cm³/mol. The minimum Gasteiger partial charge on any atom is -0.373 e. The van der Waals surface area contributed by atoms with E-state index in [9.17, 15) is 0 Å². The van der Waals surface area contributed by atoms with Gasteiger partial charge in [-0.2, -0.15) is 0 Å². The van der Waals surface area contributed by atoms with Gasteiger partial charge in [0.25, 0.3) is 0 Å². The van der Waals surface area contributed by atoms with E-state index >= 15 is 0 Å². The molecule has 2 aromatic heterocycles. The van der Waals surface area contributed by atoms with Crippen molar-refractivity contribution in [3.05, 3.63) is 16.9 Å². The summed E-state index contributed by atoms with van der Waals surface area (Å²) < 4.78 is 0.901. The average Bonchev–Trinajstić information content (AvgIpc) is 2.73. The van der Waals surface area contributed by atoms with Crippen molar-refractivity contribution < 1.29 is 0 Å². The first-order valence-electron chi connectivity index (χ1n) is 5.94. The third-order valence-electron chi connectivity index (χ3n) is 2.33. The van der Waals surface area contributed by atoms with Gasteiger partial charge in [-0.25, -0.2) is 9.97 Å². The number of hydrogen-bond acceptors (Lipinski definition) is 7. The molecule has 7 heteroatoms. The number of nitrogens with one attached hydrogen (secondary N) is 1. The third kappa shape index (κ3) is 3.63. The first kappa shape index (κ1) is 14.2. The van der Waals surface area contributed by atoms with Gasteiger partial charge in [-0.05, 0) is 18.7 Å². The van der Waals surface area contributed by atoms with Gasteiger partial charge in [0.1, 0.15) is 21.7 Å². The van der Waals surface area contributed by atoms with Gasteiger partial charge in [-0.15, -0.1) is 10.2 Å². The fourth-order valence-corrected chi connectivity index (χ4v) is 3.11. The molecule has 0 fully saturated rings. The Labute approximate surface area is 121 Å². The molecule has 0 unspecified atom stereocenters. The molecule has 0 spiro atoms. The number of anilines is 1. The van der Waals surface area contributed by atoms with Crippen LogP contribution in [0.2, 0.25) is 0 Å². The zero-order valence-electron chi connectivity index (χ0n) is 11.7. The number of aryl methyl sites for hydroxylation is 1. The van der Waals surface area contributed by atoms with Crippen LogP contribution in [0.15, 0.2) is 15.4 Å². The van der Waals surface area contributed by atoms with Crippen LogP contribution in [0.5, 0.6) is 0 Å². The Kier molecular flexibility index (Phi) is 4.05. The van der Waals surface area contributed by atoms with E-state index in [0.717, 1.165) is 26.0 Å². The highest BCUT2D eigenvalue weighted by Gasteiger charge is 2.19. The maximum absolute atomic E-state index is 4.61. The lowest BCUT2D eigenvalue weighted by Crippen LogP contribution is -2.17. The monoisotopic (exact) mass is 295 g/mol. The van der Waals surface area contributed by atoms with E-state index in [1.165, 1.54) is 11.8 Å². The second-order valence-corrected chi connectivity index (χ2v) is 7.55. The Bertz CT molecular complexity index is 574. The number of rotatable bonds is 3. The fourth-order valence-electron chi connectivity index (χ4n) is 1.35. The molecule has 0 radical (unpaired) electrons. The van der Waals surface area contributed by atoms with Gasteiger partial charge in [0.15, 0.2) is 4.34 Å². The zero-order valence-corrected chi connectivity index (χ0v) is 13.3. The van der Waals surface area contributed by atoms with Crippen molar-refractivity contribution >= 4 is 28.9 Å². The quantitative estimate of drug-likeness (QED) is 0.878. The summed E-state index contributed by atoms with van der Waals surface area (Å²) in [5.41, 5.74) is -0.0841. The molecule has 1 N–H and O–H groups in total. The Balaban J connectivity index is 2.34. The molecule has 0 aliphatic carbocycles. The summed E-state index contributed by atoms with van der Waals surface area (Å²) in [5, 5.41) is 13.0. The van der Waals surface area contributed by atoms with Crippen molar-refractivity contribution in [3.63, 3.8) is 0 Å². The van der Waals surface area contributed by atoms with E-state index < -0.39 is 0 Å². The Morgan fingerprint density at radius 3 is 2.47 bits per heavy atom. The van der Waals surface area contributed by atoms with Gasteiger partial charge < -0.3 is 5.32 Å². The van der Waals surface area contributed by atoms with Crippen molar-refractivity contribution in [2.75, 3.05) is 12.4 Å². The molecule has 0 saturated carbocycles. The van der Waals surface area contributed by atoms with Gasteiger partial charge in [0, 0.05) is 18.5 Å². The van der Waals surface area contributed by atoms with Crippen LogP contribution < -0.4 is 5.32 Å². The third-order valence-corrected chi connectivity index (χ3v) is 4.14. The summed E-state index contributed by atoms with van der Waals surface area (Å²) in [5.74, 6) is 1.65. The summed E-state index contributed by atoms with van der Waals surface area (Å²) in [4.78, 5) is 9.11. The molecule has 0 aliphatic heterocycles. The molecule has 0 amide bonds. The van der Waals surface area contributed by atoms with E-state index in [-0.39, 0.29) is 5.41 Å². The molecular formula is C12H17N5S2. The van der Waals surface area contributed by atoms with Crippen LogP contribution in [-0.4, -0.2) is 27.2 Å². The molecule has 0 saturated heterocycles. The second kappa shape index (κ2) is 5.42. The predicted octanol–water partition coefficient (Wildman–Crippen LogP) is 3.13. The Morgan fingerprint density at radius 2 is 1.95 bits per heavy atom. The van der Waals surface area contributed by atoms with E-state index in [1.54, 1.807) is 11.3 Å². The first-order valence-corrected chi connectivity index (χ1v) is 7.57. The topological polar surface area (TPSA) is 63.6 Å². The zero-order chi connectivity index (χ0) is 14.0. The molecule has 102 valence electrons. The molecule has 2 rings (SSSR count). The van der Waals surface area contributed by atoms with Crippen molar-refractivity contribution in [1.29, 1.82) is 0 Å². The minimum atomic E-state index is -0.0841. The van der Waals surface area contributed by atoms with Crippen molar-refractivity contribution in [2.24, 2.45) is 0 Å². The van der Waals surface area contributed by atoms with E-state index in [4.69, 9.17) is 0 Å². The lowest BCUT2D eigenvalue weighted by molar-refractivity contribution is 0.539. The highest BCUT2D eigenvalue weighted by atomic mass is 32.2. The van der Waals surface area contributed by atoms with Gasteiger partial charge in [0.2, 0.25) is 0 Å². The normalized spacial score (nSPS) is 11.6. The van der Waals surface area contributed by atoms with E-state index in [0.29, 0.717) is 0 Å². The molecular weight excluding hydrogens is 278 g/mol. The standard InChI is InChI=1S/C12H17N5S2/c1-7-16-17-11(18-7)19-9-6-8(13-5)14-10(15-9)12(2,3)4/h6H,1-5H3,(H,13,14,15). The first-order chi connectivity index (χ1) is 8.88. The smallest absolute Gasteiger partial charge is 0.180 e. The number of hydrogen-bond donors (Lipinski definition) is 1. The molecule has 0 atom stereocenters. The van der Waals surface area contributed by atoms with Crippen LogP contribution in [0.1, 0.15) is 31.6 Å². The molecule has 2 heterocycles. The highest BCUT2D eigenvalue weighted by Crippen LogP contribution is 2.31. The van der Waals surface area contributed by atoms with Crippen molar-refractivity contribution in [3.8, 4) is 0 Å². The maximum atomic E-state index is 4.61. The van der Waals surface area contributed by atoms with Crippen LogP contribution in [0.3, 0.4) is 0 Å². The van der Waals surface area contributed by atoms with E-state index in [1.807, 2.05) is 20.0 Å². The summed E-state index contributed by atoms with van der Waals surface area (Å²) in [6, 6.07) is 1.93. The second-order valence-electron chi connectivity index (χ2n) is 5.10. The van der Waals surface area contributed by atoms with Gasteiger partial charge in [-0.1, -0.05) is 32.1 Å². The van der Waals surface area contributed by atoms with Gasteiger partial charge in [0.05, 0.1) is 0 Å². The summed E-state index contributed by atoms with van der Waals surface area (Å²) >= 11 is 3.09. The number of aromatic nitrogens is 4. The average molecular weight is 295 g/mol. The van der Waals surface area contributed by atoms with Crippen LogP contribution in [0.25, 0.3) is 0 Å². The van der Waals surface area contributed by atoms with Gasteiger partial charge >= 0.3 is 0 Å². The number of nitrogens with zero attached hydrogens (tertiary/aromatic N) is 4. The largest absolute Gasteiger partial charge is 0.373 e. The molecule has 19 heavy (non-hydrogen) atoms. The summed E-state index contributed by atoms with van der Waals surface area (Å²) in [7, 11) is 1.86. The van der Waals surface area contributed by atoms with E-state index in [2.05, 4.69) is 46.3 Å². The van der Waals surface area contributed by atoms with Crippen molar-refractivity contribution in [2.45, 2.75) is 42.5 Å². The molecule has 2 aromatic rings. The Hall–Kier alpha value is -1.21. The fraction of sp³-hybridized carbons (Fsp3) is 0.500. The lowest BCUT2D eigenvalue weighted by atomic mass is 9.96. The molecule has 0 aliphatic rings. The van der Waals surface area contributed by atoms with Crippen LogP contribution in [0, 0.1) is 6.92 Å². The van der Waals surface area contributed by atoms with Gasteiger partial charge in [-0.3, -0.25) is 0 Å². The SMILES string of the molecule is CNc1cc(Sc2nnc(C)s2)nc(C(C)(C)C)n1. The molecule has 0 bridgehead atoms. The molecule has 0 aromatic carbocycles. The summed E-state index contributed by atoms with van der Waals surface area (Å²) in [6.45, 7) is 8.25. The lowest BCUT2D eigenvalue weighted by Gasteiger charge is -2.18. The highest BCUT2D eigenvalue weighted by molar-refractivity contribution is 8.01. The van der Waals surface area contributed by atoms with Crippen LogP contribution >= 0.6 is 23.1 Å².